The zero-order valence-corrected chi connectivity index (χ0v) is 16.7. The maximum atomic E-state index is 12.4. The molecule has 0 aliphatic rings. The van der Waals surface area contributed by atoms with Gasteiger partial charge in [-0.25, -0.2) is 9.78 Å². The molecule has 3 rings (SSSR count). The Kier molecular flexibility index (Phi) is 6.39. The van der Waals surface area contributed by atoms with E-state index in [1.807, 2.05) is 61.5 Å². The second kappa shape index (κ2) is 9.14. The van der Waals surface area contributed by atoms with Gasteiger partial charge in [-0.05, 0) is 36.8 Å². The monoisotopic (exact) mass is 438 g/mol. The van der Waals surface area contributed by atoms with Crippen LogP contribution in [0.2, 0.25) is 0 Å². The first-order valence-corrected chi connectivity index (χ1v) is 9.42. The summed E-state index contributed by atoms with van der Waals surface area (Å²) in [4.78, 5) is 20.0. The molecule has 0 aliphatic carbocycles. The number of ether oxygens (including phenoxy) is 1. The summed E-state index contributed by atoms with van der Waals surface area (Å²) < 4.78 is 6.43. The smallest absolute Gasteiger partial charge is 0.413 e. The zero-order valence-electron chi connectivity index (χ0n) is 15.1. The second-order valence-electron chi connectivity index (χ2n) is 5.96. The van der Waals surface area contributed by atoms with Crippen molar-refractivity contribution in [3.63, 3.8) is 0 Å². The van der Waals surface area contributed by atoms with E-state index in [4.69, 9.17) is 10.1 Å². The number of aromatic nitrogens is 2. The Bertz CT molecular complexity index is 981. The van der Waals surface area contributed by atoms with E-state index < -0.39 is 12.2 Å². The number of carbonyl (C=O) groups excluding carboxylic acids is 1. The third-order valence-corrected chi connectivity index (χ3v) is 4.50. The summed E-state index contributed by atoms with van der Waals surface area (Å²) in [6, 6.07) is 17.1. The van der Waals surface area contributed by atoms with Crippen molar-refractivity contribution in [3.8, 4) is 11.3 Å². The lowest BCUT2D eigenvalue weighted by atomic mass is 10.1. The van der Waals surface area contributed by atoms with Crippen LogP contribution in [0, 0.1) is 5.41 Å². The van der Waals surface area contributed by atoms with Crippen LogP contribution in [-0.4, -0.2) is 22.3 Å². The molecule has 0 aliphatic heterocycles. The number of carbonyl (C=O) groups is 1. The molecular weight excluding hydrogens is 420 g/mol. The lowest BCUT2D eigenvalue weighted by molar-refractivity contribution is 0.121. The predicted octanol–water partition coefficient (Wildman–Crippen LogP) is 5.81. The lowest BCUT2D eigenvalue weighted by Crippen LogP contribution is -2.16. The highest BCUT2D eigenvalue weighted by Gasteiger charge is 2.17. The fourth-order valence-electron chi connectivity index (χ4n) is 2.60. The van der Waals surface area contributed by atoms with Crippen molar-refractivity contribution < 1.29 is 9.53 Å². The summed E-state index contributed by atoms with van der Waals surface area (Å²) in [5, 5.41) is 9.86. The minimum atomic E-state index is -0.582. The molecule has 0 saturated heterocycles. The van der Waals surface area contributed by atoms with Gasteiger partial charge in [-0.15, -0.1) is 0 Å². The predicted molar refractivity (Wildman–Crippen MR) is 115 cm³/mol. The van der Waals surface area contributed by atoms with Crippen molar-refractivity contribution in [2.45, 2.75) is 13.0 Å². The summed E-state index contributed by atoms with van der Waals surface area (Å²) in [5.41, 5.74) is 2.33. The highest BCUT2D eigenvalue weighted by atomic mass is 79.9. The molecule has 0 radical (unpaired) electrons. The van der Waals surface area contributed by atoms with Crippen LogP contribution in [0.15, 0.2) is 65.1 Å². The van der Waals surface area contributed by atoms with Gasteiger partial charge in [0.25, 0.3) is 0 Å². The topological polar surface area (TPSA) is 90.9 Å². The molecule has 1 amide bonds. The Morgan fingerprint density at radius 3 is 2.61 bits per heavy atom. The molecule has 28 heavy (non-hydrogen) atoms. The Hall–Kier alpha value is -3.19. The van der Waals surface area contributed by atoms with Crippen molar-refractivity contribution in [3.05, 3.63) is 76.5 Å². The maximum absolute atomic E-state index is 12.4. The van der Waals surface area contributed by atoms with Crippen LogP contribution in [0.3, 0.4) is 0 Å². The highest BCUT2D eigenvalue weighted by Crippen LogP contribution is 2.28. The number of allylic oxidation sites excluding steroid dienone is 1. The molecule has 0 saturated carbocycles. The van der Waals surface area contributed by atoms with Crippen molar-refractivity contribution in [1.29, 1.82) is 5.41 Å². The van der Waals surface area contributed by atoms with Crippen molar-refractivity contribution >= 4 is 40.1 Å². The highest BCUT2D eigenvalue weighted by molar-refractivity contribution is 9.10. The first-order valence-electron chi connectivity index (χ1n) is 8.62. The standard InChI is InChI=1S/C21H19BrN4O2/c1-14(15-6-3-2-4-7-15)28-21(27)26-20-19(16-9-11-17(22)12-10-16)24-18(25-20)8-5-13-23/h2-14,23H,1H3,(H,24,25)(H,26,27)/b8-5-,23-13?/t14-/m1/s1. The van der Waals surface area contributed by atoms with Gasteiger partial charge < -0.3 is 15.1 Å². The summed E-state index contributed by atoms with van der Waals surface area (Å²) >= 11 is 3.41. The van der Waals surface area contributed by atoms with Gasteiger partial charge in [-0.1, -0.05) is 58.4 Å². The molecule has 1 atom stereocenters. The van der Waals surface area contributed by atoms with E-state index in [2.05, 4.69) is 31.2 Å². The van der Waals surface area contributed by atoms with Crippen LogP contribution in [0.4, 0.5) is 10.6 Å². The van der Waals surface area contributed by atoms with Gasteiger partial charge in [-0.2, -0.15) is 0 Å². The van der Waals surface area contributed by atoms with Gasteiger partial charge in [0.1, 0.15) is 23.4 Å². The maximum Gasteiger partial charge on any atom is 0.413 e. The molecule has 3 aromatic rings. The summed E-state index contributed by atoms with van der Waals surface area (Å²) in [6.07, 6.45) is 3.38. The van der Waals surface area contributed by atoms with Crippen LogP contribution in [0.25, 0.3) is 17.3 Å². The Morgan fingerprint density at radius 2 is 1.93 bits per heavy atom. The fourth-order valence-corrected chi connectivity index (χ4v) is 2.87. The SMILES string of the molecule is C[C@@H](OC(=O)Nc1[nH]c(/C=C\C=N)nc1-c1ccc(Br)cc1)c1ccccc1. The summed E-state index contributed by atoms with van der Waals surface area (Å²) in [7, 11) is 0. The number of anilines is 1. The first-order chi connectivity index (χ1) is 13.6. The van der Waals surface area contributed by atoms with Crippen molar-refractivity contribution in [1.82, 2.24) is 9.97 Å². The molecule has 2 aromatic carbocycles. The Labute approximate surface area is 171 Å². The number of aromatic amines is 1. The number of hydrogen-bond acceptors (Lipinski definition) is 4. The molecule has 0 bridgehead atoms. The van der Waals surface area contributed by atoms with E-state index in [1.54, 1.807) is 12.2 Å². The molecule has 0 spiro atoms. The number of amides is 1. The van der Waals surface area contributed by atoms with Gasteiger partial charge in [0.05, 0.1) is 0 Å². The van der Waals surface area contributed by atoms with Gasteiger partial charge >= 0.3 is 6.09 Å². The second-order valence-corrected chi connectivity index (χ2v) is 6.88. The molecule has 7 heteroatoms. The quantitative estimate of drug-likeness (QED) is 0.423. The molecule has 6 nitrogen and oxygen atoms in total. The lowest BCUT2D eigenvalue weighted by Gasteiger charge is -2.14. The van der Waals surface area contributed by atoms with Gasteiger partial charge in [-0.3, -0.25) is 5.32 Å². The van der Waals surface area contributed by atoms with Crippen LogP contribution in [0.1, 0.15) is 24.4 Å². The molecule has 1 heterocycles. The number of hydrogen-bond donors (Lipinski definition) is 3. The minimum Gasteiger partial charge on any atom is -0.441 e. The van der Waals surface area contributed by atoms with Crippen LogP contribution < -0.4 is 5.32 Å². The van der Waals surface area contributed by atoms with Crippen molar-refractivity contribution in [2.24, 2.45) is 0 Å². The van der Waals surface area contributed by atoms with Gasteiger partial charge in [0, 0.05) is 16.3 Å². The van der Waals surface area contributed by atoms with E-state index in [9.17, 15) is 4.79 Å². The van der Waals surface area contributed by atoms with Gasteiger partial charge in [0.15, 0.2) is 0 Å². The van der Waals surface area contributed by atoms with Crippen LogP contribution in [-0.2, 0) is 4.74 Å². The number of halogens is 1. The average Bonchev–Trinajstić information content (AvgIpc) is 3.10. The fraction of sp³-hybridized carbons (Fsp3) is 0.0952. The van der Waals surface area contributed by atoms with E-state index in [1.165, 1.54) is 0 Å². The van der Waals surface area contributed by atoms with E-state index in [0.717, 1.165) is 21.8 Å². The van der Waals surface area contributed by atoms with E-state index >= 15 is 0 Å². The van der Waals surface area contributed by atoms with Crippen LogP contribution in [0.5, 0.6) is 0 Å². The molecule has 0 fully saturated rings. The molecule has 1 aromatic heterocycles. The normalized spacial score (nSPS) is 11.9. The van der Waals surface area contributed by atoms with Gasteiger partial charge in [0.2, 0.25) is 0 Å². The number of H-pyrrole nitrogens is 1. The molecular formula is C21H19BrN4O2. The zero-order chi connectivity index (χ0) is 19.9. The molecule has 3 N–H and O–H groups in total. The number of imidazole rings is 1. The Balaban J connectivity index is 1.82. The minimum absolute atomic E-state index is 0.391. The summed E-state index contributed by atoms with van der Waals surface area (Å²) in [6.45, 7) is 1.82. The number of rotatable bonds is 6. The third-order valence-electron chi connectivity index (χ3n) is 3.97. The van der Waals surface area contributed by atoms with E-state index in [0.29, 0.717) is 17.3 Å². The number of nitrogens with one attached hydrogen (secondary N) is 3. The molecule has 142 valence electrons. The average molecular weight is 439 g/mol. The van der Waals surface area contributed by atoms with Crippen molar-refractivity contribution in [2.75, 3.05) is 5.32 Å². The number of benzene rings is 2. The largest absolute Gasteiger partial charge is 0.441 e. The Morgan fingerprint density at radius 1 is 1.21 bits per heavy atom. The number of nitrogens with zero attached hydrogens (tertiary/aromatic N) is 1. The van der Waals surface area contributed by atoms with E-state index in [-0.39, 0.29) is 0 Å². The summed E-state index contributed by atoms with van der Waals surface area (Å²) in [5.74, 6) is 0.949. The van der Waals surface area contributed by atoms with Crippen LogP contribution >= 0.6 is 15.9 Å². The molecule has 0 unspecified atom stereocenters. The first kappa shape index (κ1) is 19.6. The third kappa shape index (κ3) is 4.95.